The second-order valence-corrected chi connectivity index (χ2v) is 8.44. The molecule has 0 amide bonds. The van der Waals surface area contributed by atoms with E-state index in [1.165, 1.54) is 12.6 Å². The Bertz CT molecular complexity index is 756. The van der Waals surface area contributed by atoms with Crippen molar-refractivity contribution in [3.63, 3.8) is 0 Å². The van der Waals surface area contributed by atoms with Crippen LogP contribution >= 0.6 is 11.8 Å². The molecule has 0 spiro atoms. The van der Waals surface area contributed by atoms with Crippen molar-refractivity contribution in [3.05, 3.63) is 24.5 Å². The van der Waals surface area contributed by atoms with Crippen LogP contribution in [0.15, 0.2) is 29.4 Å². The molecule has 1 aliphatic rings. The fraction of sp³-hybridized carbons (Fsp3) is 0.429. The van der Waals surface area contributed by atoms with E-state index in [1.807, 2.05) is 11.8 Å². The zero-order chi connectivity index (χ0) is 14.9. The SMILES string of the molecule is CS(=O)(=O)c1ccc2ncnc(NC3CCSCC3)c2c1. The van der Waals surface area contributed by atoms with Gasteiger partial charge in [0, 0.05) is 17.7 Å². The molecule has 1 aromatic carbocycles. The van der Waals surface area contributed by atoms with Gasteiger partial charge in [-0.25, -0.2) is 18.4 Å². The number of nitrogens with one attached hydrogen (secondary N) is 1. The van der Waals surface area contributed by atoms with Gasteiger partial charge in [-0.1, -0.05) is 0 Å². The minimum absolute atomic E-state index is 0.298. The summed E-state index contributed by atoms with van der Waals surface area (Å²) < 4.78 is 23.4. The number of aromatic nitrogens is 2. The molecule has 5 nitrogen and oxygen atoms in total. The van der Waals surface area contributed by atoms with E-state index in [4.69, 9.17) is 0 Å². The Hall–Kier alpha value is -1.34. The number of anilines is 1. The van der Waals surface area contributed by atoms with E-state index in [1.54, 1.807) is 18.2 Å². The Balaban J connectivity index is 2.00. The number of hydrogen-bond acceptors (Lipinski definition) is 6. The maximum absolute atomic E-state index is 11.7. The summed E-state index contributed by atoms with van der Waals surface area (Å²) in [6.45, 7) is 0. The molecule has 21 heavy (non-hydrogen) atoms. The van der Waals surface area contributed by atoms with Crippen LogP contribution in [0.25, 0.3) is 10.9 Å². The molecule has 0 unspecified atom stereocenters. The molecule has 0 saturated carbocycles. The highest BCUT2D eigenvalue weighted by atomic mass is 32.2. The fourth-order valence-corrected chi connectivity index (χ4v) is 4.17. The van der Waals surface area contributed by atoms with Gasteiger partial charge in [-0.2, -0.15) is 11.8 Å². The first-order valence-corrected chi connectivity index (χ1v) is 9.88. The Morgan fingerprint density at radius 3 is 2.71 bits per heavy atom. The van der Waals surface area contributed by atoms with Crippen molar-refractivity contribution in [3.8, 4) is 0 Å². The van der Waals surface area contributed by atoms with Gasteiger partial charge in [0.1, 0.15) is 12.1 Å². The molecule has 112 valence electrons. The minimum Gasteiger partial charge on any atom is -0.367 e. The third kappa shape index (κ3) is 3.29. The van der Waals surface area contributed by atoms with Crippen LogP contribution in [0.3, 0.4) is 0 Å². The van der Waals surface area contributed by atoms with Gasteiger partial charge in [0.15, 0.2) is 9.84 Å². The molecule has 0 aliphatic carbocycles. The average Bonchev–Trinajstić information content (AvgIpc) is 2.47. The molecule has 0 radical (unpaired) electrons. The van der Waals surface area contributed by atoms with Gasteiger partial charge in [0.2, 0.25) is 0 Å². The first kappa shape index (κ1) is 14.6. The second-order valence-electron chi connectivity index (χ2n) is 5.20. The van der Waals surface area contributed by atoms with Gasteiger partial charge in [-0.05, 0) is 42.5 Å². The van der Waals surface area contributed by atoms with E-state index in [0.717, 1.165) is 41.1 Å². The van der Waals surface area contributed by atoms with Crippen molar-refractivity contribution in [2.75, 3.05) is 23.1 Å². The van der Waals surface area contributed by atoms with Gasteiger partial charge in [0.05, 0.1) is 10.4 Å². The van der Waals surface area contributed by atoms with Crippen LogP contribution in [0.2, 0.25) is 0 Å². The van der Waals surface area contributed by atoms with E-state index in [-0.39, 0.29) is 0 Å². The molecule has 2 heterocycles. The molecule has 1 aromatic heterocycles. The number of sulfone groups is 1. The summed E-state index contributed by atoms with van der Waals surface area (Å²) in [7, 11) is -3.23. The molecular weight excluding hydrogens is 306 g/mol. The van der Waals surface area contributed by atoms with Crippen molar-refractivity contribution in [2.24, 2.45) is 0 Å². The summed E-state index contributed by atoms with van der Waals surface area (Å²) in [4.78, 5) is 8.81. The summed E-state index contributed by atoms with van der Waals surface area (Å²) in [6, 6.07) is 5.37. The van der Waals surface area contributed by atoms with Crippen LogP contribution in [-0.4, -0.2) is 42.2 Å². The van der Waals surface area contributed by atoms with E-state index >= 15 is 0 Å². The van der Waals surface area contributed by atoms with Gasteiger partial charge in [-0.3, -0.25) is 0 Å². The zero-order valence-corrected chi connectivity index (χ0v) is 13.4. The highest BCUT2D eigenvalue weighted by Gasteiger charge is 2.16. The molecule has 1 saturated heterocycles. The van der Waals surface area contributed by atoms with Gasteiger partial charge >= 0.3 is 0 Å². The maximum atomic E-state index is 11.7. The lowest BCUT2D eigenvalue weighted by atomic mass is 10.1. The van der Waals surface area contributed by atoms with Crippen molar-refractivity contribution >= 4 is 38.3 Å². The first-order chi connectivity index (χ1) is 10.0. The highest BCUT2D eigenvalue weighted by Crippen LogP contribution is 2.26. The zero-order valence-electron chi connectivity index (χ0n) is 11.7. The Morgan fingerprint density at radius 1 is 1.24 bits per heavy atom. The van der Waals surface area contributed by atoms with Crippen molar-refractivity contribution in [1.29, 1.82) is 0 Å². The molecule has 0 atom stereocenters. The number of rotatable bonds is 3. The molecule has 2 aromatic rings. The molecule has 1 aliphatic heterocycles. The maximum Gasteiger partial charge on any atom is 0.175 e. The van der Waals surface area contributed by atoms with Crippen LogP contribution in [0.4, 0.5) is 5.82 Å². The van der Waals surface area contributed by atoms with Crippen LogP contribution in [-0.2, 0) is 9.84 Å². The Morgan fingerprint density at radius 2 is 2.00 bits per heavy atom. The largest absolute Gasteiger partial charge is 0.367 e. The van der Waals surface area contributed by atoms with Gasteiger partial charge < -0.3 is 5.32 Å². The van der Waals surface area contributed by atoms with Gasteiger partial charge in [-0.15, -0.1) is 0 Å². The minimum atomic E-state index is -3.23. The van der Waals surface area contributed by atoms with E-state index in [0.29, 0.717) is 10.9 Å². The quantitative estimate of drug-likeness (QED) is 0.935. The fourth-order valence-electron chi connectivity index (χ4n) is 2.42. The number of hydrogen-bond donors (Lipinski definition) is 1. The van der Waals surface area contributed by atoms with Crippen molar-refractivity contribution < 1.29 is 8.42 Å². The molecule has 3 rings (SSSR count). The first-order valence-electron chi connectivity index (χ1n) is 6.83. The van der Waals surface area contributed by atoms with E-state index in [2.05, 4.69) is 15.3 Å². The van der Waals surface area contributed by atoms with Gasteiger partial charge in [0.25, 0.3) is 0 Å². The topological polar surface area (TPSA) is 72.0 Å². The lowest BCUT2D eigenvalue weighted by molar-refractivity contribution is 0.602. The third-order valence-corrected chi connectivity index (χ3v) is 5.76. The predicted molar refractivity (Wildman–Crippen MR) is 86.6 cm³/mol. The predicted octanol–water partition coefficient (Wildman–Crippen LogP) is 2.34. The van der Waals surface area contributed by atoms with Crippen molar-refractivity contribution in [1.82, 2.24) is 9.97 Å². The average molecular weight is 323 g/mol. The molecule has 7 heteroatoms. The summed E-state index contributed by atoms with van der Waals surface area (Å²) in [5.41, 5.74) is 0.755. The van der Waals surface area contributed by atoms with Crippen LogP contribution in [0, 0.1) is 0 Å². The summed E-state index contributed by atoms with van der Waals surface area (Å²) >= 11 is 1.97. The van der Waals surface area contributed by atoms with E-state index in [9.17, 15) is 8.42 Å². The highest BCUT2D eigenvalue weighted by molar-refractivity contribution is 7.99. The lowest BCUT2D eigenvalue weighted by Crippen LogP contribution is -2.25. The number of benzene rings is 1. The molecule has 1 N–H and O–H groups in total. The van der Waals surface area contributed by atoms with E-state index < -0.39 is 9.84 Å². The normalized spacial score (nSPS) is 17.0. The monoisotopic (exact) mass is 323 g/mol. The van der Waals surface area contributed by atoms with Crippen LogP contribution in [0.1, 0.15) is 12.8 Å². The van der Waals surface area contributed by atoms with Crippen molar-refractivity contribution in [2.45, 2.75) is 23.8 Å². The van der Waals surface area contributed by atoms with Crippen LogP contribution in [0.5, 0.6) is 0 Å². The lowest BCUT2D eigenvalue weighted by Gasteiger charge is -2.23. The summed E-state index contributed by atoms with van der Waals surface area (Å²) in [5, 5.41) is 4.21. The molecule has 0 bridgehead atoms. The second kappa shape index (κ2) is 5.81. The summed E-state index contributed by atoms with van der Waals surface area (Å²) in [6.07, 6.45) is 4.93. The third-order valence-electron chi connectivity index (χ3n) is 3.60. The number of thioether (sulfide) groups is 1. The molecule has 1 fully saturated rings. The van der Waals surface area contributed by atoms with Crippen LogP contribution < -0.4 is 5.32 Å². The number of nitrogens with zero attached hydrogens (tertiary/aromatic N) is 2. The Kier molecular flexibility index (Phi) is 4.03. The molecular formula is C14H17N3O2S2. The summed E-state index contributed by atoms with van der Waals surface area (Å²) in [5.74, 6) is 3.02. The number of fused-ring (bicyclic) bond motifs is 1. The Labute approximate surface area is 128 Å². The smallest absolute Gasteiger partial charge is 0.175 e. The standard InChI is InChI=1S/C14H17N3O2S2/c1-21(18,19)11-2-3-13-12(8-11)14(16-9-15-13)17-10-4-6-20-7-5-10/h2-3,8-10H,4-7H2,1H3,(H,15,16,17).